The number of hydrogen-bond acceptors (Lipinski definition) is 3. The molecule has 0 saturated carbocycles. The highest BCUT2D eigenvalue weighted by atomic mass is 19.2. The van der Waals surface area contributed by atoms with Gasteiger partial charge in [-0.3, -0.25) is 0 Å². The number of ether oxygens (including phenoxy) is 3. The van der Waals surface area contributed by atoms with Crippen LogP contribution < -0.4 is 4.74 Å². The van der Waals surface area contributed by atoms with E-state index in [2.05, 4.69) is 6.08 Å². The maximum atomic E-state index is 15.0. The van der Waals surface area contributed by atoms with Crippen LogP contribution in [0.4, 0.5) is 13.2 Å². The van der Waals surface area contributed by atoms with Crippen LogP contribution in [0.15, 0.2) is 66.7 Å². The lowest BCUT2D eigenvalue weighted by Gasteiger charge is -2.29. The zero-order valence-corrected chi connectivity index (χ0v) is 19.5. The second-order valence-corrected chi connectivity index (χ2v) is 8.31. The molecule has 0 aromatic heterocycles. The first kappa shape index (κ1) is 25.1. The van der Waals surface area contributed by atoms with Gasteiger partial charge in [-0.05, 0) is 48.2 Å². The molecule has 1 fully saturated rings. The third kappa shape index (κ3) is 5.80. The van der Waals surface area contributed by atoms with Crippen molar-refractivity contribution < 1.29 is 27.4 Å². The molecular formula is C28H26BF3O3. The summed E-state index contributed by atoms with van der Waals surface area (Å²) >= 11 is 0. The Kier molecular flexibility index (Phi) is 8.31. The van der Waals surface area contributed by atoms with Gasteiger partial charge in [-0.25, -0.2) is 8.78 Å². The third-order valence-corrected chi connectivity index (χ3v) is 6.03. The van der Waals surface area contributed by atoms with Crippen molar-refractivity contribution in [1.29, 1.82) is 0 Å². The Morgan fingerprint density at radius 2 is 1.57 bits per heavy atom. The van der Waals surface area contributed by atoms with Gasteiger partial charge in [-0.1, -0.05) is 48.6 Å². The van der Waals surface area contributed by atoms with E-state index in [0.717, 1.165) is 18.4 Å². The van der Waals surface area contributed by atoms with Crippen molar-refractivity contribution in [3.05, 3.63) is 89.8 Å². The summed E-state index contributed by atoms with van der Waals surface area (Å²) in [5.41, 5.74) is 2.40. The van der Waals surface area contributed by atoms with Gasteiger partial charge in [0.25, 0.3) is 0 Å². The van der Waals surface area contributed by atoms with Gasteiger partial charge in [0.05, 0.1) is 13.2 Å². The zero-order chi connectivity index (χ0) is 24.8. The molecule has 0 unspecified atom stereocenters. The predicted octanol–water partition coefficient (Wildman–Crippen LogP) is 6.76. The molecule has 1 aliphatic heterocycles. The Morgan fingerprint density at radius 3 is 2.20 bits per heavy atom. The van der Waals surface area contributed by atoms with E-state index in [9.17, 15) is 8.78 Å². The summed E-state index contributed by atoms with van der Waals surface area (Å²) < 4.78 is 60.2. The summed E-state index contributed by atoms with van der Waals surface area (Å²) in [6, 6.07) is 14.5. The van der Waals surface area contributed by atoms with E-state index in [1.807, 2.05) is 19.1 Å². The fourth-order valence-electron chi connectivity index (χ4n) is 4.11. The summed E-state index contributed by atoms with van der Waals surface area (Å²) in [5.74, 6) is -2.78. The van der Waals surface area contributed by atoms with E-state index in [-0.39, 0.29) is 35.8 Å². The predicted molar refractivity (Wildman–Crippen MR) is 131 cm³/mol. The lowest BCUT2D eigenvalue weighted by molar-refractivity contribution is -0.189. The van der Waals surface area contributed by atoms with Crippen LogP contribution in [-0.2, 0) is 9.47 Å². The molecule has 2 radical (unpaired) electrons. The number of benzene rings is 3. The average Bonchev–Trinajstić information content (AvgIpc) is 2.88. The van der Waals surface area contributed by atoms with Crippen molar-refractivity contribution >= 4 is 7.85 Å². The molecule has 180 valence electrons. The highest BCUT2D eigenvalue weighted by molar-refractivity contribution is 6.08. The van der Waals surface area contributed by atoms with Crippen LogP contribution in [0.3, 0.4) is 0 Å². The molecule has 0 spiro atoms. The molecule has 35 heavy (non-hydrogen) atoms. The molecule has 0 N–H and O–H groups in total. The van der Waals surface area contributed by atoms with Crippen LogP contribution in [-0.4, -0.2) is 33.9 Å². The molecule has 0 atom stereocenters. The number of hydrogen-bond donors (Lipinski definition) is 0. The van der Waals surface area contributed by atoms with Gasteiger partial charge in [0, 0.05) is 30.0 Å². The molecule has 3 aromatic rings. The average molecular weight is 478 g/mol. The molecule has 3 nitrogen and oxygen atoms in total. The largest absolute Gasteiger partial charge is 0.500 e. The lowest BCUT2D eigenvalue weighted by atomic mass is 9.95. The maximum absolute atomic E-state index is 15.0. The first-order chi connectivity index (χ1) is 17.0. The number of halogens is 3. The van der Waals surface area contributed by atoms with E-state index >= 15 is 4.39 Å². The zero-order valence-electron chi connectivity index (χ0n) is 19.5. The van der Waals surface area contributed by atoms with Crippen molar-refractivity contribution in [3.8, 4) is 28.0 Å². The van der Waals surface area contributed by atoms with Crippen LogP contribution >= 0.6 is 0 Å². The summed E-state index contributed by atoms with van der Waals surface area (Å²) in [6.07, 6.45) is 5.53. The van der Waals surface area contributed by atoms with E-state index in [1.165, 1.54) is 18.2 Å². The van der Waals surface area contributed by atoms with E-state index in [4.69, 9.17) is 22.1 Å². The van der Waals surface area contributed by atoms with Gasteiger partial charge in [0.15, 0.2) is 17.9 Å². The Morgan fingerprint density at radius 1 is 0.914 bits per heavy atom. The Hall–Kier alpha value is -3.03. The first-order valence-corrected chi connectivity index (χ1v) is 11.6. The smallest absolute Gasteiger partial charge is 0.201 e. The minimum atomic E-state index is -1.10. The summed E-state index contributed by atoms with van der Waals surface area (Å²) in [5, 5.41) is 0. The second-order valence-electron chi connectivity index (χ2n) is 8.31. The molecule has 7 heteroatoms. The van der Waals surface area contributed by atoms with Crippen LogP contribution in [0.25, 0.3) is 22.3 Å². The highest BCUT2D eigenvalue weighted by Gasteiger charge is 2.24. The molecule has 1 aliphatic rings. The lowest BCUT2D eigenvalue weighted by Crippen LogP contribution is -2.30. The van der Waals surface area contributed by atoms with Crippen molar-refractivity contribution in [2.75, 3.05) is 19.7 Å². The molecule has 1 saturated heterocycles. The van der Waals surface area contributed by atoms with Gasteiger partial charge in [0.2, 0.25) is 5.82 Å². The minimum absolute atomic E-state index is 0.0389. The van der Waals surface area contributed by atoms with Crippen molar-refractivity contribution in [3.63, 3.8) is 0 Å². The Labute approximate surface area is 204 Å². The normalized spacial score (nSPS) is 18.2. The molecule has 1 heterocycles. The van der Waals surface area contributed by atoms with Crippen LogP contribution in [0.5, 0.6) is 5.75 Å². The Balaban J connectivity index is 1.46. The highest BCUT2D eigenvalue weighted by Crippen LogP contribution is 2.33. The summed E-state index contributed by atoms with van der Waals surface area (Å²) in [6.45, 7) is 2.67. The Bertz CT molecular complexity index is 1170. The van der Waals surface area contributed by atoms with Crippen molar-refractivity contribution in [1.82, 2.24) is 0 Å². The van der Waals surface area contributed by atoms with Crippen molar-refractivity contribution in [2.45, 2.75) is 32.0 Å². The van der Waals surface area contributed by atoms with E-state index in [1.54, 1.807) is 30.3 Å². The van der Waals surface area contributed by atoms with Gasteiger partial charge in [-0.2, -0.15) is 4.39 Å². The van der Waals surface area contributed by atoms with Crippen molar-refractivity contribution in [2.24, 2.45) is 0 Å². The van der Waals surface area contributed by atoms with Gasteiger partial charge < -0.3 is 14.2 Å². The maximum Gasteiger partial charge on any atom is 0.201 e. The molecule has 3 aromatic carbocycles. The van der Waals surface area contributed by atoms with E-state index < -0.39 is 11.6 Å². The quantitative estimate of drug-likeness (QED) is 0.265. The van der Waals surface area contributed by atoms with Crippen LogP contribution in [0, 0.1) is 17.5 Å². The van der Waals surface area contributed by atoms with Gasteiger partial charge >= 0.3 is 0 Å². The monoisotopic (exact) mass is 478 g/mol. The fourth-order valence-corrected chi connectivity index (χ4v) is 4.11. The molecule has 0 aliphatic carbocycles. The minimum Gasteiger partial charge on any atom is -0.500 e. The van der Waals surface area contributed by atoms with E-state index in [0.29, 0.717) is 29.9 Å². The standard InChI is InChI=1S/C28H26BF3O3/c1-2-3-4-5-26-33-15-21(16-34-26)20-10-11-22(24(30)14-20)18-6-8-19(9-7-18)23-12-13-25(35-17-29)28(32)27(23)31/h2-3,6-14,21,26H,4-5,15-17H2,1H3/b3-2+. The summed E-state index contributed by atoms with van der Waals surface area (Å²) in [4.78, 5) is 0. The van der Waals surface area contributed by atoms with Crippen LogP contribution in [0.2, 0.25) is 0 Å². The molecule has 4 rings (SSSR count). The van der Waals surface area contributed by atoms with Crippen LogP contribution in [0.1, 0.15) is 31.2 Å². The fraction of sp³-hybridized carbons (Fsp3) is 0.286. The SMILES string of the molecule is [B]COc1ccc(-c2ccc(-c3ccc(C4COC(CC/C=C/C)OC4)cc3F)cc2)c(F)c1F. The van der Waals surface area contributed by atoms with Gasteiger partial charge in [0.1, 0.15) is 13.7 Å². The molecular weight excluding hydrogens is 452 g/mol. The molecule has 0 bridgehead atoms. The topological polar surface area (TPSA) is 27.7 Å². The summed E-state index contributed by atoms with van der Waals surface area (Å²) in [7, 11) is 5.23. The first-order valence-electron chi connectivity index (χ1n) is 11.6. The van der Waals surface area contributed by atoms with Gasteiger partial charge in [-0.15, -0.1) is 0 Å². The second kappa shape index (κ2) is 11.6. The number of rotatable bonds is 8. The third-order valence-electron chi connectivity index (χ3n) is 6.03. The molecule has 0 amide bonds. The number of allylic oxidation sites excluding steroid dienone is 2.